The van der Waals surface area contributed by atoms with E-state index in [0.29, 0.717) is 13.1 Å². The van der Waals surface area contributed by atoms with Crippen molar-refractivity contribution in [3.63, 3.8) is 0 Å². The SMILES string of the molecule is CNCCN(CC(=O)OC(C)(C)C)C(=O)OC(C)(C)C. The van der Waals surface area contributed by atoms with E-state index in [2.05, 4.69) is 5.32 Å². The van der Waals surface area contributed by atoms with Gasteiger partial charge in [0, 0.05) is 13.1 Å². The lowest BCUT2D eigenvalue weighted by molar-refractivity contribution is -0.156. The molecule has 1 N–H and O–H groups in total. The maximum atomic E-state index is 12.0. The molecule has 0 unspecified atom stereocenters. The molecule has 0 aromatic carbocycles. The average Bonchev–Trinajstić information content (AvgIpc) is 2.18. The molecule has 6 heteroatoms. The number of likely N-dealkylation sites (N-methyl/N-ethyl adjacent to an activating group) is 1. The van der Waals surface area contributed by atoms with Gasteiger partial charge in [-0.25, -0.2) is 4.79 Å². The Balaban J connectivity index is 4.63. The van der Waals surface area contributed by atoms with Crippen molar-refractivity contribution >= 4 is 12.1 Å². The number of nitrogens with one attached hydrogen (secondary N) is 1. The van der Waals surface area contributed by atoms with Gasteiger partial charge in [0.15, 0.2) is 0 Å². The summed E-state index contributed by atoms with van der Waals surface area (Å²) in [6.45, 7) is 11.6. The zero-order valence-corrected chi connectivity index (χ0v) is 13.7. The fraction of sp³-hybridized carbons (Fsp3) is 0.857. The quantitative estimate of drug-likeness (QED) is 0.781. The highest BCUT2D eigenvalue weighted by atomic mass is 16.6. The lowest BCUT2D eigenvalue weighted by Crippen LogP contribution is -2.44. The smallest absolute Gasteiger partial charge is 0.410 e. The van der Waals surface area contributed by atoms with Crippen molar-refractivity contribution in [2.45, 2.75) is 52.7 Å². The van der Waals surface area contributed by atoms with Crippen LogP contribution in [0.2, 0.25) is 0 Å². The van der Waals surface area contributed by atoms with Gasteiger partial charge in [0.1, 0.15) is 17.7 Å². The van der Waals surface area contributed by atoms with E-state index in [4.69, 9.17) is 9.47 Å². The van der Waals surface area contributed by atoms with Crippen molar-refractivity contribution in [3.05, 3.63) is 0 Å². The highest BCUT2D eigenvalue weighted by molar-refractivity contribution is 5.78. The Morgan fingerprint density at radius 1 is 1.00 bits per heavy atom. The van der Waals surface area contributed by atoms with Gasteiger partial charge in [0.2, 0.25) is 0 Å². The van der Waals surface area contributed by atoms with Crippen LogP contribution < -0.4 is 5.32 Å². The third-order valence-corrected chi connectivity index (χ3v) is 2.02. The van der Waals surface area contributed by atoms with E-state index < -0.39 is 23.3 Å². The van der Waals surface area contributed by atoms with E-state index >= 15 is 0 Å². The first-order chi connectivity index (χ1) is 8.94. The molecule has 0 spiro atoms. The number of amides is 1. The minimum atomic E-state index is -0.594. The molecule has 0 bridgehead atoms. The summed E-state index contributed by atoms with van der Waals surface area (Å²) in [7, 11) is 1.78. The van der Waals surface area contributed by atoms with Crippen molar-refractivity contribution in [1.29, 1.82) is 0 Å². The summed E-state index contributed by atoms with van der Waals surface area (Å²) >= 11 is 0. The van der Waals surface area contributed by atoms with E-state index in [1.807, 2.05) is 0 Å². The standard InChI is InChI=1S/C14H28N2O4/c1-13(2,3)19-11(17)10-16(9-8-15-7)12(18)20-14(4,5)6/h15H,8-10H2,1-7H3. The Hall–Kier alpha value is -1.30. The van der Waals surface area contributed by atoms with Gasteiger partial charge in [-0.1, -0.05) is 0 Å². The van der Waals surface area contributed by atoms with Crippen LogP contribution in [0.25, 0.3) is 0 Å². The highest BCUT2D eigenvalue weighted by Crippen LogP contribution is 2.11. The fourth-order valence-electron chi connectivity index (χ4n) is 1.34. The third-order valence-electron chi connectivity index (χ3n) is 2.02. The molecule has 0 aliphatic heterocycles. The monoisotopic (exact) mass is 288 g/mol. The summed E-state index contributed by atoms with van der Waals surface area (Å²) < 4.78 is 10.5. The number of hydrogen-bond donors (Lipinski definition) is 1. The Labute approximate surface area is 121 Å². The largest absolute Gasteiger partial charge is 0.459 e. The Kier molecular flexibility index (Phi) is 6.99. The summed E-state index contributed by atoms with van der Waals surface area (Å²) in [5, 5.41) is 2.94. The fourth-order valence-corrected chi connectivity index (χ4v) is 1.34. The highest BCUT2D eigenvalue weighted by Gasteiger charge is 2.25. The molecule has 0 radical (unpaired) electrons. The van der Waals surface area contributed by atoms with Crippen LogP contribution in [0.4, 0.5) is 4.79 Å². The van der Waals surface area contributed by atoms with Crippen LogP contribution >= 0.6 is 0 Å². The van der Waals surface area contributed by atoms with Gasteiger partial charge in [-0.3, -0.25) is 9.69 Å². The maximum absolute atomic E-state index is 12.0. The summed E-state index contributed by atoms with van der Waals surface area (Å²) in [6.07, 6.45) is -0.515. The summed E-state index contributed by atoms with van der Waals surface area (Å²) in [4.78, 5) is 25.2. The van der Waals surface area contributed by atoms with Crippen molar-refractivity contribution in [1.82, 2.24) is 10.2 Å². The van der Waals surface area contributed by atoms with Crippen LogP contribution in [-0.2, 0) is 14.3 Å². The molecule has 6 nitrogen and oxygen atoms in total. The van der Waals surface area contributed by atoms with Gasteiger partial charge < -0.3 is 14.8 Å². The second-order valence-corrected chi connectivity index (χ2v) is 6.59. The molecule has 0 rings (SSSR count). The topological polar surface area (TPSA) is 67.9 Å². The Morgan fingerprint density at radius 2 is 1.50 bits per heavy atom. The number of ether oxygens (including phenoxy) is 2. The van der Waals surface area contributed by atoms with Crippen molar-refractivity contribution < 1.29 is 19.1 Å². The molecule has 0 aliphatic carbocycles. The van der Waals surface area contributed by atoms with Crippen molar-refractivity contribution in [2.75, 3.05) is 26.7 Å². The van der Waals surface area contributed by atoms with Crippen LogP contribution in [0.5, 0.6) is 0 Å². The minimum Gasteiger partial charge on any atom is -0.459 e. The predicted octanol–water partition coefficient (Wildman–Crippen LogP) is 1.78. The number of carbonyl (C=O) groups excluding carboxylic acids is 2. The molecular formula is C14H28N2O4. The number of carbonyl (C=O) groups is 2. The molecule has 0 aromatic heterocycles. The molecule has 0 saturated carbocycles. The molecule has 118 valence electrons. The first-order valence-corrected chi connectivity index (χ1v) is 6.79. The van der Waals surface area contributed by atoms with Crippen LogP contribution in [0.3, 0.4) is 0 Å². The Morgan fingerprint density at radius 3 is 1.90 bits per heavy atom. The van der Waals surface area contributed by atoms with E-state index in [1.54, 1.807) is 48.6 Å². The van der Waals surface area contributed by atoms with Gasteiger partial charge in [-0.05, 0) is 48.6 Å². The molecule has 0 fully saturated rings. The number of rotatable bonds is 5. The molecule has 0 heterocycles. The van der Waals surface area contributed by atoms with Gasteiger partial charge >= 0.3 is 12.1 Å². The predicted molar refractivity (Wildman–Crippen MR) is 77.6 cm³/mol. The van der Waals surface area contributed by atoms with Crippen LogP contribution in [0.15, 0.2) is 0 Å². The molecular weight excluding hydrogens is 260 g/mol. The van der Waals surface area contributed by atoms with E-state index in [0.717, 1.165) is 0 Å². The van der Waals surface area contributed by atoms with Gasteiger partial charge in [0.25, 0.3) is 0 Å². The van der Waals surface area contributed by atoms with Crippen LogP contribution in [-0.4, -0.2) is 54.8 Å². The molecule has 0 aromatic rings. The maximum Gasteiger partial charge on any atom is 0.410 e. The average molecular weight is 288 g/mol. The second-order valence-electron chi connectivity index (χ2n) is 6.59. The van der Waals surface area contributed by atoms with Gasteiger partial charge in [0.05, 0.1) is 0 Å². The van der Waals surface area contributed by atoms with E-state index in [-0.39, 0.29) is 6.54 Å². The zero-order valence-electron chi connectivity index (χ0n) is 13.7. The summed E-state index contributed by atoms with van der Waals surface area (Å²) in [6, 6.07) is 0. The first kappa shape index (κ1) is 18.7. The normalized spacial score (nSPS) is 11.9. The van der Waals surface area contributed by atoms with E-state index in [1.165, 1.54) is 4.90 Å². The number of esters is 1. The molecule has 20 heavy (non-hydrogen) atoms. The second kappa shape index (κ2) is 7.47. The van der Waals surface area contributed by atoms with Crippen molar-refractivity contribution in [2.24, 2.45) is 0 Å². The van der Waals surface area contributed by atoms with Crippen molar-refractivity contribution in [3.8, 4) is 0 Å². The molecule has 1 amide bonds. The first-order valence-electron chi connectivity index (χ1n) is 6.79. The molecule has 0 saturated heterocycles. The third kappa shape index (κ3) is 9.61. The molecule has 0 aliphatic rings. The summed E-state index contributed by atoms with van der Waals surface area (Å²) in [5.41, 5.74) is -1.16. The zero-order chi connectivity index (χ0) is 16.0. The van der Waals surface area contributed by atoms with Gasteiger partial charge in [-0.15, -0.1) is 0 Å². The van der Waals surface area contributed by atoms with Crippen LogP contribution in [0.1, 0.15) is 41.5 Å². The van der Waals surface area contributed by atoms with Crippen LogP contribution in [0, 0.1) is 0 Å². The number of hydrogen-bond acceptors (Lipinski definition) is 5. The number of nitrogens with zero attached hydrogens (tertiary/aromatic N) is 1. The molecule has 0 atom stereocenters. The van der Waals surface area contributed by atoms with E-state index in [9.17, 15) is 9.59 Å². The Bertz CT molecular complexity index is 329. The summed E-state index contributed by atoms with van der Waals surface area (Å²) in [5.74, 6) is -0.445. The lowest BCUT2D eigenvalue weighted by Gasteiger charge is -2.28. The lowest BCUT2D eigenvalue weighted by atomic mass is 10.2. The van der Waals surface area contributed by atoms with Gasteiger partial charge in [-0.2, -0.15) is 0 Å². The minimum absolute atomic E-state index is 0.117.